The third-order valence-corrected chi connectivity index (χ3v) is 11.1. The van der Waals surface area contributed by atoms with Crippen molar-refractivity contribution in [1.82, 2.24) is 0 Å². The van der Waals surface area contributed by atoms with Gasteiger partial charge in [-0.15, -0.1) is 0 Å². The van der Waals surface area contributed by atoms with Crippen LogP contribution in [0.15, 0.2) is 77.3 Å². The van der Waals surface area contributed by atoms with Gasteiger partial charge in [0.1, 0.15) is 27.0 Å². The van der Waals surface area contributed by atoms with Crippen LogP contribution in [0.2, 0.25) is 6.55 Å². The second-order valence-electron chi connectivity index (χ2n) is 10.2. The number of nitrogens with zero attached hydrogens (tertiary/aromatic N) is 1. The standard InChI is InChI=1S/C32H28NOSi/c1-18-16-25-21-10-6-8-12-26(21)34-31(25)29(20(18)3)30-24-15-14-23-22-11-7-9-13-27(22)35(5)32(23)28(24)19(2)17-33(30)4/h6-17,35H,1-5H3/q+1. The molecule has 0 amide bonds. The molecule has 3 heterocycles. The van der Waals surface area contributed by atoms with E-state index in [4.69, 9.17) is 4.42 Å². The number of hydrogen-bond acceptors (Lipinski definition) is 1. The lowest BCUT2D eigenvalue weighted by molar-refractivity contribution is -0.659. The molecule has 0 bridgehead atoms. The molecule has 170 valence electrons. The fourth-order valence-corrected chi connectivity index (χ4v) is 9.46. The third kappa shape index (κ3) is 2.67. The van der Waals surface area contributed by atoms with Crippen LogP contribution in [0.4, 0.5) is 0 Å². The fourth-order valence-electron chi connectivity index (χ4n) is 6.49. The van der Waals surface area contributed by atoms with Gasteiger partial charge in [0.2, 0.25) is 5.69 Å². The lowest BCUT2D eigenvalue weighted by atomic mass is 9.92. The first-order valence-corrected chi connectivity index (χ1v) is 14.7. The number of furan rings is 1. The quantitative estimate of drug-likeness (QED) is 0.209. The Hall–Kier alpha value is -3.69. The lowest BCUT2D eigenvalue weighted by Gasteiger charge is -2.16. The maximum absolute atomic E-state index is 6.57. The maximum Gasteiger partial charge on any atom is 0.224 e. The molecule has 3 heteroatoms. The molecule has 7 rings (SSSR count). The third-order valence-electron chi connectivity index (χ3n) is 8.21. The Bertz CT molecular complexity index is 1860. The average Bonchev–Trinajstić information content (AvgIpc) is 3.36. The number of aromatic nitrogens is 1. The zero-order valence-electron chi connectivity index (χ0n) is 20.9. The molecule has 1 aliphatic heterocycles. The number of pyridine rings is 1. The molecule has 0 saturated heterocycles. The minimum absolute atomic E-state index is 0.949. The van der Waals surface area contributed by atoms with E-state index in [9.17, 15) is 0 Å². The molecule has 0 spiro atoms. The van der Waals surface area contributed by atoms with Gasteiger partial charge in [-0.3, -0.25) is 0 Å². The zero-order valence-corrected chi connectivity index (χ0v) is 22.0. The Morgan fingerprint density at radius 3 is 2.40 bits per heavy atom. The molecule has 0 radical (unpaired) electrons. The van der Waals surface area contributed by atoms with Crippen molar-refractivity contribution in [3.8, 4) is 22.4 Å². The fraction of sp³-hybridized carbons (Fsp3) is 0.156. The molecule has 2 aromatic heterocycles. The first kappa shape index (κ1) is 20.7. The van der Waals surface area contributed by atoms with Gasteiger partial charge in [0.05, 0.1) is 10.9 Å². The van der Waals surface area contributed by atoms with E-state index >= 15 is 0 Å². The van der Waals surface area contributed by atoms with Crippen molar-refractivity contribution in [1.29, 1.82) is 0 Å². The van der Waals surface area contributed by atoms with E-state index in [-0.39, 0.29) is 0 Å². The highest BCUT2D eigenvalue weighted by molar-refractivity contribution is 6.90. The molecule has 1 unspecified atom stereocenters. The van der Waals surface area contributed by atoms with E-state index in [1.807, 2.05) is 0 Å². The molecular weight excluding hydrogens is 442 g/mol. The van der Waals surface area contributed by atoms with Crippen LogP contribution in [-0.2, 0) is 7.05 Å². The van der Waals surface area contributed by atoms with Gasteiger partial charge >= 0.3 is 0 Å². The van der Waals surface area contributed by atoms with E-state index in [1.165, 1.54) is 60.6 Å². The summed E-state index contributed by atoms with van der Waals surface area (Å²) in [6.07, 6.45) is 2.32. The minimum atomic E-state index is -1.28. The van der Waals surface area contributed by atoms with Crippen LogP contribution in [-0.4, -0.2) is 8.80 Å². The van der Waals surface area contributed by atoms with Gasteiger partial charge in [-0.25, -0.2) is 4.57 Å². The first-order chi connectivity index (χ1) is 17.0. The van der Waals surface area contributed by atoms with E-state index in [2.05, 4.69) is 112 Å². The Balaban J connectivity index is 1.64. The van der Waals surface area contributed by atoms with Crippen molar-refractivity contribution >= 4 is 51.9 Å². The van der Waals surface area contributed by atoms with Crippen molar-refractivity contribution in [3.63, 3.8) is 0 Å². The minimum Gasteiger partial charge on any atom is -0.455 e. The van der Waals surface area contributed by atoms with E-state index < -0.39 is 8.80 Å². The normalized spacial score (nSPS) is 14.7. The second kappa shape index (κ2) is 7.16. The summed E-state index contributed by atoms with van der Waals surface area (Å²) in [6.45, 7) is 9.23. The topological polar surface area (TPSA) is 17.0 Å². The highest BCUT2D eigenvalue weighted by Gasteiger charge is 2.32. The summed E-state index contributed by atoms with van der Waals surface area (Å²) in [6, 6.07) is 24.4. The summed E-state index contributed by atoms with van der Waals surface area (Å²) >= 11 is 0. The molecule has 0 N–H and O–H groups in total. The van der Waals surface area contributed by atoms with Crippen molar-refractivity contribution < 1.29 is 8.98 Å². The molecule has 4 aromatic carbocycles. The van der Waals surface area contributed by atoms with Crippen LogP contribution >= 0.6 is 0 Å². The van der Waals surface area contributed by atoms with Gasteiger partial charge in [0.15, 0.2) is 6.20 Å². The van der Waals surface area contributed by atoms with Gasteiger partial charge in [0, 0.05) is 16.3 Å². The predicted octanol–water partition coefficient (Wildman–Crippen LogP) is 6.11. The predicted molar refractivity (Wildman–Crippen MR) is 150 cm³/mol. The van der Waals surface area contributed by atoms with Crippen molar-refractivity contribution in [2.45, 2.75) is 27.3 Å². The Morgan fingerprint density at radius 2 is 1.54 bits per heavy atom. The smallest absolute Gasteiger partial charge is 0.224 e. The maximum atomic E-state index is 6.57. The van der Waals surface area contributed by atoms with Gasteiger partial charge in [-0.1, -0.05) is 60.3 Å². The molecule has 1 aliphatic rings. The van der Waals surface area contributed by atoms with E-state index in [0.29, 0.717) is 0 Å². The molecule has 1 atom stereocenters. The number of hydrogen-bond donors (Lipinski definition) is 0. The monoisotopic (exact) mass is 470 g/mol. The second-order valence-corrected chi connectivity index (χ2v) is 12.8. The van der Waals surface area contributed by atoms with Gasteiger partial charge in [0.25, 0.3) is 0 Å². The summed E-state index contributed by atoms with van der Waals surface area (Å²) in [5, 5.41) is 8.31. The number of para-hydroxylation sites is 1. The SMILES string of the molecule is Cc1cc2c(oc3ccccc32)c(-c2c3ccc4c(c3c(C)c[n+]2C)[SiH](C)c2ccccc2-4)c1C. The summed E-state index contributed by atoms with van der Waals surface area (Å²) in [5.74, 6) is 0. The van der Waals surface area contributed by atoms with Gasteiger partial charge in [-0.05, 0) is 71.8 Å². The highest BCUT2D eigenvalue weighted by atomic mass is 28.3. The van der Waals surface area contributed by atoms with Gasteiger partial charge < -0.3 is 4.42 Å². The van der Waals surface area contributed by atoms with Crippen LogP contribution in [0.25, 0.3) is 55.1 Å². The van der Waals surface area contributed by atoms with Gasteiger partial charge in [-0.2, -0.15) is 0 Å². The first-order valence-electron chi connectivity index (χ1n) is 12.4. The van der Waals surface area contributed by atoms with E-state index in [1.54, 1.807) is 10.4 Å². The molecule has 35 heavy (non-hydrogen) atoms. The van der Waals surface area contributed by atoms with Crippen LogP contribution in [0.1, 0.15) is 16.7 Å². The van der Waals surface area contributed by atoms with Crippen molar-refractivity contribution in [3.05, 3.63) is 89.6 Å². The highest BCUT2D eigenvalue weighted by Crippen LogP contribution is 2.41. The molecule has 0 aliphatic carbocycles. The summed E-state index contributed by atoms with van der Waals surface area (Å²) in [5.41, 5.74) is 11.2. The van der Waals surface area contributed by atoms with Crippen LogP contribution in [0, 0.1) is 20.8 Å². The van der Waals surface area contributed by atoms with E-state index in [0.717, 1.165) is 11.2 Å². The van der Waals surface area contributed by atoms with Crippen LogP contribution < -0.4 is 14.9 Å². The summed E-state index contributed by atoms with van der Waals surface area (Å²) < 4.78 is 8.88. The summed E-state index contributed by atoms with van der Waals surface area (Å²) in [7, 11) is 0.900. The molecule has 0 saturated carbocycles. The Labute approximate surface area is 207 Å². The summed E-state index contributed by atoms with van der Waals surface area (Å²) in [4.78, 5) is 0. The van der Waals surface area contributed by atoms with Crippen LogP contribution in [0.3, 0.4) is 0 Å². The average molecular weight is 471 g/mol. The molecule has 6 aromatic rings. The van der Waals surface area contributed by atoms with Crippen molar-refractivity contribution in [2.75, 3.05) is 0 Å². The largest absolute Gasteiger partial charge is 0.455 e. The lowest BCUT2D eigenvalue weighted by Crippen LogP contribution is -2.37. The number of fused-ring (bicyclic) bond motifs is 8. The van der Waals surface area contributed by atoms with Crippen LogP contribution in [0.5, 0.6) is 0 Å². The number of benzene rings is 4. The molecular formula is C32H28NOSi+. The Morgan fingerprint density at radius 1 is 0.771 bits per heavy atom. The number of rotatable bonds is 1. The Kier molecular flexibility index (Phi) is 4.22. The molecule has 0 fully saturated rings. The number of aryl methyl sites for hydroxylation is 3. The zero-order chi connectivity index (χ0) is 24.0. The van der Waals surface area contributed by atoms with Crippen molar-refractivity contribution in [2.24, 2.45) is 7.05 Å². The molecule has 2 nitrogen and oxygen atoms in total.